The smallest absolute Gasteiger partial charge is 0.0728 e. The van der Waals surface area contributed by atoms with Crippen molar-refractivity contribution in [2.75, 3.05) is 0 Å². The van der Waals surface area contributed by atoms with Crippen LogP contribution in [0.5, 0.6) is 0 Å². The number of pyridine rings is 2. The summed E-state index contributed by atoms with van der Waals surface area (Å²) >= 11 is 0. The molecule has 0 aliphatic heterocycles. The number of hydrogen-bond acceptors (Lipinski definition) is 2. The van der Waals surface area contributed by atoms with Crippen molar-refractivity contribution in [3.05, 3.63) is 212 Å². The summed E-state index contributed by atoms with van der Waals surface area (Å²) in [4.78, 5) is 11.4. The molecule has 1 saturated carbocycles. The molecule has 4 bridgehead atoms. The van der Waals surface area contributed by atoms with Gasteiger partial charge in [-0.1, -0.05) is 164 Å². The average Bonchev–Trinajstić information content (AvgIpc) is 4.47. The van der Waals surface area contributed by atoms with E-state index in [2.05, 4.69) is 190 Å². The zero-order valence-electron chi connectivity index (χ0n) is 43.9. The van der Waals surface area contributed by atoms with Gasteiger partial charge in [0.2, 0.25) is 0 Å². The van der Waals surface area contributed by atoms with Gasteiger partial charge in [0.15, 0.2) is 0 Å². The molecular formula is C71H60N4. The van der Waals surface area contributed by atoms with Crippen LogP contribution in [-0.2, 0) is 17.3 Å². The van der Waals surface area contributed by atoms with E-state index in [1.54, 1.807) is 0 Å². The Labute approximate surface area is 437 Å². The monoisotopic (exact) mass is 968 g/mol. The van der Waals surface area contributed by atoms with Crippen LogP contribution in [-0.4, -0.2) is 18.8 Å². The lowest BCUT2D eigenvalue weighted by molar-refractivity contribution is 0.249. The van der Waals surface area contributed by atoms with Gasteiger partial charge in [-0.15, -0.1) is 0 Å². The Hall–Kier alpha value is -7.30. The van der Waals surface area contributed by atoms with E-state index in [0.29, 0.717) is 5.92 Å². The van der Waals surface area contributed by atoms with Crippen molar-refractivity contribution in [3.63, 3.8) is 0 Å². The lowest BCUT2D eigenvalue weighted by atomic mass is 9.51. The molecule has 364 valence electrons. The van der Waals surface area contributed by atoms with E-state index >= 15 is 0 Å². The Morgan fingerprint density at radius 3 is 1.72 bits per heavy atom. The van der Waals surface area contributed by atoms with Crippen molar-refractivity contribution >= 4 is 76.2 Å². The van der Waals surface area contributed by atoms with Crippen LogP contribution in [0.3, 0.4) is 0 Å². The third-order valence-corrected chi connectivity index (χ3v) is 20.5. The van der Waals surface area contributed by atoms with E-state index in [1.165, 1.54) is 174 Å². The molecule has 1 spiro atoms. The largest absolute Gasteiger partial charge is 0.306 e. The summed E-state index contributed by atoms with van der Waals surface area (Å²) in [5.74, 6) is 1.38. The number of allylic oxidation sites excluding steroid dienone is 4. The van der Waals surface area contributed by atoms with Gasteiger partial charge >= 0.3 is 0 Å². The molecule has 75 heavy (non-hydrogen) atoms. The summed E-state index contributed by atoms with van der Waals surface area (Å²) < 4.78 is 5.46. The first-order chi connectivity index (χ1) is 36.5. The van der Waals surface area contributed by atoms with E-state index < -0.39 is 0 Å². The van der Waals surface area contributed by atoms with Gasteiger partial charge in [-0.25, -0.2) is 0 Å². The van der Waals surface area contributed by atoms with Crippen molar-refractivity contribution in [1.82, 2.24) is 18.8 Å². The van der Waals surface area contributed by atoms with Crippen LogP contribution >= 0.6 is 0 Å². The van der Waals surface area contributed by atoms with Gasteiger partial charge in [-0.05, 0) is 128 Å². The highest BCUT2D eigenvalue weighted by molar-refractivity contribution is 6.31. The molecule has 6 aromatic heterocycles. The van der Waals surface area contributed by atoms with Gasteiger partial charge in [0.05, 0.1) is 62.8 Å². The third-order valence-electron chi connectivity index (χ3n) is 20.5. The van der Waals surface area contributed by atoms with Crippen molar-refractivity contribution in [2.24, 2.45) is 11.3 Å². The fraction of sp³-hybridized carbons (Fsp3) is 0.296. The Balaban J connectivity index is 1.02. The number of benzene rings is 6. The number of aromatic nitrogens is 4. The summed E-state index contributed by atoms with van der Waals surface area (Å²) in [6.07, 6.45) is 22.6. The van der Waals surface area contributed by atoms with Crippen LogP contribution < -0.4 is 0 Å². The van der Waals surface area contributed by atoms with Gasteiger partial charge in [-0.2, -0.15) is 0 Å². The topological polar surface area (TPSA) is 34.6 Å². The molecule has 0 saturated heterocycles. The second-order valence-corrected chi connectivity index (χ2v) is 26.3. The van der Waals surface area contributed by atoms with Gasteiger partial charge in [0.1, 0.15) is 0 Å². The molecule has 1 fully saturated rings. The average molecular weight is 969 g/mol. The lowest BCUT2D eigenvalue weighted by Crippen LogP contribution is -2.41. The number of nitrogens with zero attached hydrogens (tertiary/aromatic N) is 4. The second kappa shape index (κ2) is 13.8. The molecular weight excluding hydrogens is 909 g/mol. The van der Waals surface area contributed by atoms with Crippen LogP contribution in [0.1, 0.15) is 176 Å². The van der Waals surface area contributed by atoms with Crippen LogP contribution in [0.25, 0.3) is 76.2 Å². The van der Waals surface area contributed by atoms with Crippen molar-refractivity contribution in [1.29, 1.82) is 0 Å². The molecule has 4 nitrogen and oxygen atoms in total. The molecule has 3 atom stereocenters. The predicted octanol–water partition coefficient (Wildman–Crippen LogP) is 17.6. The maximum atomic E-state index is 5.69. The predicted molar refractivity (Wildman–Crippen MR) is 309 cm³/mol. The maximum absolute atomic E-state index is 5.69. The van der Waals surface area contributed by atoms with Gasteiger partial charge in [0.25, 0.3) is 0 Å². The zero-order chi connectivity index (χ0) is 49.8. The van der Waals surface area contributed by atoms with Gasteiger partial charge < -0.3 is 8.80 Å². The Morgan fingerprint density at radius 1 is 0.533 bits per heavy atom. The molecule has 0 N–H and O–H groups in total. The van der Waals surface area contributed by atoms with Crippen molar-refractivity contribution < 1.29 is 0 Å². The standard InChI is InChI=1S/C71H60N4/c1-69(2,3)38-29-46-47-33-53-56(49-30-39(70(4,5)6)32-51-60-54(74(53)68(49)51)35-72-64-52-34-71(26-16-7-17-27-71)63(62(60)64)45-25-15-10-20-40(45)52)48(28-37-18-8-9-19-37)67(47)75-55-36-73-65-58-43-23-13-11-21-41(43)57(42-22-12-14-24-44(42)58)61(65)59(55)50(31-38)66(46)75/h7,10-17,20-26,29-33,35-37,52,57-58,63H,8-9,18-19,27-28,34H2,1-6H3. The Bertz CT molecular complexity index is 4580. The summed E-state index contributed by atoms with van der Waals surface area (Å²) in [7, 11) is 0. The third kappa shape index (κ3) is 5.03. The molecule has 0 radical (unpaired) electrons. The highest BCUT2D eigenvalue weighted by Crippen LogP contribution is 2.66. The fourth-order valence-corrected chi connectivity index (χ4v) is 17.3. The molecule has 20 rings (SSSR count). The van der Waals surface area contributed by atoms with Crippen LogP contribution in [0.4, 0.5) is 0 Å². The minimum absolute atomic E-state index is 0.0209. The summed E-state index contributed by atoms with van der Waals surface area (Å²) in [6.45, 7) is 14.5. The molecule has 8 aliphatic rings. The highest BCUT2D eigenvalue weighted by Gasteiger charge is 2.53. The van der Waals surface area contributed by atoms with E-state index in [1.807, 2.05) is 0 Å². The van der Waals surface area contributed by atoms with E-state index in [0.717, 1.165) is 19.3 Å². The van der Waals surface area contributed by atoms with Crippen molar-refractivity contribution in [2.45, 2.75) is 121 Å². The first-order valence-corrected chi connectivity index (χ1v) is 28.3. The minimum Gasteiger partial charge on any atom is -0.306 e. The normalized spacial score (nSPS) is 22.7. The van der Waals surface area contributed by atoms with E-state index in [-0.39, 0.29) is 39.9 Å². The minimum atomic E-state index is -0.0671. The van der Waals surface area contributed by atoms with Crippen LogP contribution in [0.15, 0.2) is 140 Å². The van der Waals surface area contributed by atoms with Crippen molar-refractivity contribution in [3.8, 4) is 0 Å². The van der Waals surface area contributed by atoms with Crippen LogP contribution in [0, 0.1) is 11.3 Å². The molecule has 6 aromatic carbocycles. The summed E-state index contributed by atoms with van der Waals surface area (Å²) in [5, 5.41) is 11.2. The molecule has 4 heteroatoms. The Kier molecular flexibility index (Phi) is 7.70. The summed E-state index contributed by atoms with van der Waals surface area (Å²) in [6, 6.07) is 41.0. The second-order valence-electron chi connectivity index (χ2n) is 26.3. The number of hydrogen-bond donors (Lipinski definition) is 0. The molecule has 0 amide bonds. The van der Waals surface area contributed by atoms with E-state index in [9.17, 15) is 0 Å². The fourth-order valence-electron chi connectivity index (χ4n) is 17.3. The van der Waals surface area contributed by atoms with Crippen LogP contribution in [0.2, 0.25) is 0 Å². The Morgan fingerprint density at radius 2 is 1.08 bits per heavy atom. The molecule has 12 aromatic rings. The zero-order valence-corrected chi connectivity index (χ0v) is 43.9. The van der Waals surface area contributed by atoms with Gasteiger partial charge in [0, 0.05) is 66.3 Å². The molecule has 3 unspecified atom stereocenters. The quantitative estimate of drug-likeness (QED) is 0.173. The molecule has 6 heterocycles. The van der Waals surface area contributed by atoms with E-state index in [4.69, 9.17) is 9.97 Å². The lowest BCUT2D eigenvalue weighted by Gasteiger charge is -2.52. The first-order valence-electron chi connectivity index (χ1n) is 28.3. The number of fused-ring (bicyclic) bond motifs is 12. The maximum Gasteiger partial charge on any atom is 0.0728 e. The summed E-state index contributed by atoms with van der Waals surface area (Å²) in [5.41, 5.74) is 26.4. The molecule has 8 aliphatic carbocycles. The van der Waals surface area contributed by atoms with Gasteiger partial charge in [-0.3, -0.25) is 9.97 Å². The first kappa shape index (κ1) is 42.0. The SMILES string of the molecule is CC(C)(C)c1cc2c3c4c(ncc3n3c5cc6c7cc(C(C)(C)C)cc8c9c%10c(ncc9n(c6c(CC6CCCC6)c5c(c1)c23)c78)C1c2ccccc2C%10c2ccccc21)C1CC2(C=CC=CC2)C4c2ccccc21. The number of rotatable bonds is 2. The highest BCUT2D eigenvalue weighted by atomic mass is 15.0.